The van der Waals surface area contributed by atoms with E-state index in [0.29, 0.717) is 6.04 Å². The molecule has 1 unspecified atom stereocenters. The van der Waals surface area contributed by atoms with Crippen molar-refractivity contribution in [3.05, 3.63) is 35.9 Å². The van der Waals surface area contributed by atoms with E-state index in [1.54, 1.807) is 0 Å². The van der Waals surface area contributed by atoms with Gasteiger partial charge < -0.3 is 5.32 Å². The molecule has 0 aromatic heterocycles. The Morgan fingerprint density at radius 2 is 2.05 bits per heavy atom. The van der Waals surface area contributed by atoms with Gasteiger partial charge in [-0.05, 0) is 50.3 Å². The van der Waals surface area contributed by atoms with Crippen LogP contribution >= 0.6 is 11.8 Å². The van der Waals surface area contributed by atoms with Gasteiger partial charge in [-0.25, -0.2) is 0 Å². The van der Waals surface area contributed by atoms with Gasteiger partial charge in [-0.2, -0.15) is 11.8 Å². The Bertz CT molecular complexity index is 405. The lowest BCUT2D eigenvalue weighted by Crippen LogP contribution is -2.62. The molecule has 0 radical (unpaired) electrons. The summed E-state index contributed by atoms with van der Waals surface area (Å²) in [5, 5.41) is 3.74. The first-order chi connectivity index (χ1) is 10.1. The van der Waals surface area contributed by atoms with Crippen molar-refractivity contribution in [3.8, 4) is 0 Å². The lowest BCUT2D eigenvalue weighted by atomic mass is 9.94. The molecule has 0 aliphatic carbocycles. The molecule has 1 aromatic rings. The lowest BCUT2D eigenvalue weighted by molar-refractivity contribution is 0.0666. The number of thioether (sulfide) groups is 1. The fourth-order valence-corrected chi connectivity index (χ4v) is 3.64. The Labute approximate surface area is 134 Å². The van der Waals surface area contributed by atoms with Gasteiger partial charge in [0.15, 0.2) is 0 Å². The van der Waals surface area contributed by atoms with Crippen molar-refractivity contribution in [1.29, 1.82) is 0 Å². The summed E-state index contributed by atoms with van der Waals surface area (Å²) in [5.74, 6) is 2.53. The summed E-state index contributed by atoms with van der Waals surface area (Å²) >= 11 is 2.06. The fraction of sp³-hybridized carbons (Fsp3) is 0.667. The molecule has 0 saturated carbocycles. The summed E-state index contributed by atoms with van der Waals surface area (Å²) in [6, 6.07) is 11.4. The van der Waals surface area contributed by atoms with Crippen LogP contribution in [0.1, 0.15) is 32.8 Å². The van der Waals surface area contributed by atoms with E-state index < -0.39 is 0 Å². The molecule has 0 spiro atoms. The standard InChI is InChI=1S/C18H30N2S/c1-4-21-12-8-11-20-14-17(19-15-18(20,2)3)13-16-9-6-5-7-10-16/h5-7,9-10,17,19H,4,8,11-15H2,1-3H3. The first-order valence-electron chi connectivity index (χ1n) is 8.22. The molecule has 1 aromatic carbocycles. The van der Waals surface area contributed by atoms with E-state index in [0.717, 1.165) is 13.0 Å². The SMILES string of the molecule is CCSCCCN1CC(Cc2ccccc2)NCC1(C)C. The molecule has 0 amide bonds. The average Bonchev–Trinajstić information content (AvgIpc) is 2.48. The summed E-state index contributed by atoms with van der Waals surface area (Å²) in [5.41, 5.74) is 1.72. The van der Waals surface area contributed by atoms with E-state index in [-0.39, 0.29) is 5.54 Å². The number of nitrogens with one attached hydrogen (secondary N) is 1. The minimum absolute atomic E-state index is 0.282. The highest BCUT2D eigenvalue weighted by atomic mass is 32.2. The Morgan fingerprint density at radius 3 is 2.76 bits per heavy atom. The molecule has 21 heavy (non-hydrogen) atoms. The van der Waals surface area contributed by atoms with Gasteiger partial charge in [-0.15, -0.1) is 0 Å². The average molecular weight is 307 g/mol. The van der Waals surface area contributed by atoms with Gasteiger partial charge in [-0.1, -0.05) is 37.3 Å². The predicted octanol–water partition coefficient (Wildman–Crippen LogP) is 3.42. The minimum atomic E-state index is 0.282. The van der Waals surface area contributed by atoms with Crippen LogP contribution < -0.4 is 5.32 Å². The van der Waals surface area contributed by atoms with Crippen LogP contribution in [0.25, 0.3) is 0 Å². The number of hydrogen-bond acceptors (Lipinski definition) is 3. The Morgan fingerprint density at radius 1 is 1.29 bits per heavy atom. The first kappa shape index (κ1) is 16.9. The molecule has 1 atom stereocenters. The van der Waals surface area contributed by atoms with Crippen molar-refractivity contribution in [2.75, 3.05) is 31.1 Å². The minimum Gasteiger partial charge on any atom is -0.311 e. The molecule has 1 aliphatic heterocycles. The molecule has 118 valence electrons. The lowest BCUT2D eigenvalue weighted by Gasteiger charge is -2.46. The summed E-state index contributed by atoms with van der Waals surface area (Å²) in [6.45, 7) is 10.5. The highest BCUT2D eigenvalue weighted by molar-refractivity contribution is 7.99. The topological polar surface area (TPSA) is 15.3 Å². The van der Waals surface area contributed by atoms with E-state index in [2.05, 4.69) is 73.1 Å². The van der Waals surface area contributed by atoms with E-state index in [4.69, 9.17) is 0 Å². The summed E-state index contributed by atoms with van der Waals surface area (Å²) in [7, 11) is 0. The molecule has 3 heteroatoms. The zero-order valence-corrected chi connectivity index (χ0v) is 14.6. The number of hydrogen-bond donors (Lipinski definition) is 1. The normalized spacial score (nSPS) is 22.3. The molecule has 0 bridgehead atoms. The largest absolute Gasteiger partial charge is 0.311 e. The monoisotopic (exact) mass is 306 g/mol. The van der Waals surface area contributed by atoms with Crippen molar-refractivity contribution in [3.63, 3.8) is 0 Å². The second-order valence-corrected chi connectivity index (χ2v) is 7.97. The first-order valence-corrected chi connectivity index (χ1v) is 9.37. The van der Waals surface area contributed by atoms with Gasteiger partial charge in [-0.3, -0.25) is 4.90 Å². The third kappa shape index (κ3) is 5.32. The maximum atomic E-state index is 3.74. The molecular weight excluding hydrogens is 276 g/mol. The van der Waals surface area contributed by atoms with Gasteiger partial charge in [0.2, 0.25) is 0 Å². The zero-order valence-electron chi connectivity index (χ0n) is 13.8. The number of benzene rings is 1. The van der Waals surface area contributed by atoms with Gasteiger partial charge in [0.1, 0.15) is 0 Å². The van der Waals surface area contributed by atoms with Crippen molar-refractivity contribution < 1.29 is 0 Å². The highest BCUT2D eigenvalue weighted by Gasteiger charge is 2.33. The Kier molecular flexibility index (Phi) is 6.59. The smallest absolute Gasteiger partial charge is 0.0278 e. The molecule has 2 nitrogen and oxygen atoms in total. The number of piperazine rings is 1. The molecular formula is C18H30N2S. The van der Waals surface area contributed by atoms with E-state index in [9.17, 15) is 0 Å². The van der Waals surface area contributed by atoms with Crippen LogP contribution in [0.3, 0.4) is 0 Å². The van der Waals surface area contributed by atoms with E-state index in [1.807, 2.05) is 0 Å². The highest BCUT2D eigenvalue weighted by Crippen LogP contribution is 2.21. The second-order valence-electron chi connectivity index (χ2n) is 6.58. The summed E-state index contributed by atoms with van der Waals surface area (Å²) < 4.78 is 0. The van der Waals surface area contributed by atoms with E-state index in [1.165, 1.54) is 36.6 Å². The van der Waals surface area contributed by atoms with Gasteiger partial charge in [0.25, 0.3) is 0 Å². The molecule has 1 heterocycles. The van der Waals surface area contributed by atoms with Gasteiger partial charge in [0, 0.05) is 24.7 Å². The number of rotatable bonds is 7. The summed E-state index contributed by atoms with van der Waals surface area (Å²) in [6.07, 6.45) is 2.44. The predicted molar refractivity (Wildman–Crippen MR) is 95.2 cm³/mol. The quantitative estimate of drug-likeness (QED) is 0.777. The van der Waals surface area contributed by atoms with Crippen LogP contribution in [0, 0.1) is 0 Å². The Hall–Kier alpha value is -0.510. The van der Waals surface area contributed by atoms with Crippen LogP contribution in [0.4, 0.5) is 0 Å². The zero-order chi connectivity index (χ0) is 15.1. The molecule has 1 saturated heterocycles. The van der Waals surface area contributed by atoms with Gasteiger partial charge in [0.05, 0.1) is 0 Å². The van der Waals surface area contributed by atoms with Crippen molar-refractivity contribution in [2.45, 2.75) is 45.2 Å². The van der Waals surface area contributed by atoms with Crippen molar-refractivity contribution >= 4 is 11.8 Å². The maximum absolute atomic E-state index is 3.74. The molecule has 2 rings (SSSR count). The van der Waals surface area contributed by atoms with Crippen LogP contribution in [-0.2, 0) is 6.42 Å². The van der Waals surface area contributed by atoms with E-state index >= 15 is 0 Å². The number of nitrogens with zero attached hydrogens (tertiary/aromatic N) is 1. The molecule has 1 aliphatic rings. The van der Waals surface area contributed by atoms with Crippen molar-refractivity contribution in [1.82, 2.24) is 10.2 Å². The molecule has 1 N–H and O–H groups in total. The fourth-order valence-electron chi connectivity index (χ4n) is 3.01. The summed E-state index contributed by atoms with van der Waals surface area (Å²) in [4.78, 5) is 2.69. The third-order valence-electron chi connectivity index (χ3n) is 4.37. The van der Waals surface area contributed by atoms with Gasteiger partial charge >= 0.3 is 0 Å². The van der Waals surface area contributed by atoms with Crippen LogP contribution in [0.15, 0.2) is 30.3 Å². The third-order valence-corrected chi connectivity index (χ3v) is 5.35. The van der Waals surface area contributed by atoms with Crippen molar-refractivity contribution in [2.24, 2.45) is 0 Å². The Balaban J connectivity index is 1.86. The van der Waals surface area contributed by atoms with Crippen LogP contribution in [0.5, 0.6) is 0 Å². The van der Waals surface area contributed by atoms with Crippen LogP contribution in [0.2, 0.25) is 0 Å². The molecule has 1 fully saturated rings. The van der Waals surface area contributed by atoms with Crippen LogP contribution in [-0.4, -0.2) is 47.6 Å². The second kappa shape index (κ2) is 8.21. The maximum Gasteiger partial charge on any atom is 0.0278 e.